The van der Waals surface area contributed by atoms with Gasteiger partial charge in [0.1, 0.15) is 0 Å². The molecule has 0 aromatic heterocycles. The molecule has 2 rings (SSSR count). The van der Waals surface area contributed by atoms with Gasteiger partial charge < -0.3 is 10.1 Å². The smallest absolute Gasteiger partial charge is 0.0694 e. The molecule has 1 N–H and O–H groups in total. The molecular weight excluding hydrogens is 206 g/mol. The Morgan fingerprint density at radius 2 is 2.27 bits per heavy atom. The highest BCUT2D eigenvalue weighted by molar-refractivity contribution is 8.00. The summed E-state index contributed by atoms with van der Waals surface area (Å²) in [6, 6.07) is 0.678. The van der Waals surface area contributed by atoms with Crippen molar-refractivity contribution in [3.63, 3.8) is 0 Å². The van der Waals surface area contributed by atoms with Gasteiger partial charge in [0.05, 0.1) is 11.0 Å². The minimum atomic E-state index is 0.324. The van der Waals surface area contributed by atoms with Gasteiger partial charge in [0.2, 0.25) is 0 Å². The van der Waals surface area contributed by atoms with E-state index in [-0.39, 0.29) is 0 Å². The first kappa shape index (κ1) is 11.7. The van der Waals surface area contributed by atoms with E-state index in [0.717, 1.165) is 6.61 Å². The number of hydrogen-bond acceptors (Lipinski definition) is 3. The van der Waals surface area contributed by atoms with Crippen molar-refractivity contribution in [1.29, 1.82) is 0 Å². The van der Waals surface area contributed by atoms with Gasteiger partial charge >= 0.3 is 0 Å². The van der Waals surface area contributed by atoms with Crippen LogP contribution in [0, 0.1) is 5.92 Å². The second-order valence-corrected chi connectivity index (χ2v) is 6.76. The van der Waals surface area contributed by atoms with Crippen molar-refractivity contribution in [2.24, 2.45) is 5.92 Å². The van der Waals surface area contributed by atoms with Gasteiger partial charge in [-0.2, -0.15) is 0 Å². The molecule has 15 heavy (non-hydrogen) atoms. The number of thioether (sulfide) groups is 1. The first-order chi connectivity index (χ1) is 7.11. The summed E-state index contributed by atoms with van der Waals surface area (Å²) in [5.74, 6) is 1.95. The van der Waals surface area contributed by atoms with E-state index in [1.165, 1.54) is 25.0 Å². The molecule has 2 saturated heterocycles. The lowest BCUT2D eigenvalue weighted by molar-refractivity contribution is -0.0334. The second-order valence-electron chi connectivity index (χ2n) is 5.28. The third-order valence-corrected chi connectivity index (χ3v) is 5.03. The maximum atomic E-state index is 5.85. The van der Waals surface area contributed by atoms with Gasteiger partial charge in [-0.25, -0.2) is 0 Å². The van der Waals surface area contributed by atoms with Crippen molar-refractivity contribution < 1.29 is 4.74 Å². The third kappa shape index (κ3) is 2.69. The van der Waals surface area contributed by atoms with Gasteiger partial charge in [0, 0.05) is 19.1 Å². The van der Waals surface area contributed by atoms with Crippen molar-refractivity contribution in [1.82, 2.24) is 5.32 Å². The normalized spacial score (nSPS) is 42.4. The van der Waals surface area contributed by atoms with E-state index >= 15 is 0 Å². The number of rotatable bonds is 1. The van der Waals surface area contributed by atoms with Crippen LogP contribution < -0.4 is 5.32 Å². The third-order valence-electron chi connectivity index (χ3n) is 3.55. The van der Waals surface area contributed by atoms with Gasteiger partial charge in [-0.3, -0.25) is 0 Å². The van der Waals surface area contributed by atoms with Crippen molar-refractivity contribution in [2.45, 2.75) is 57.1 Å². The van der Waals surface area contributed by atoms with Crippen molar-refractivity contribution in [3.8, 4) is 0 Å². The van der Waals surface area contributed by atoms with Crippen LogP contribution in [0.1, 0.15) is 40.0 Å². The monoisotopic (exact) mass is 229 g/mol. The van der Waals surface area contributed by atoms with Gasteiger partial charge in [-0.15, -0.1) is 11.8 Å². The average molecular weight is 229 g/mol. The van der Waals surface area contributed by atoms with Crippen LogP contribution in [0.3, 0.4) is 0 Å². The van der Waals surface area contributed by atoms with E-state index in [1.54, 1.807) is 0 Å². The lowest BCUT2D eigenvalue weighted by Crippen LogP contribution is -2.55. The number of hydrogen-bond donors (Lipinski definition) is 1. The average Bonchev–Trinajstić information content (AvgIpc) is 2.17. The minimum absolute atomic E-state index is 0.324. The van der Waals surface area contributed by atoms with Gasteiger partial charge in [-0.05, 0) is 31.4 Å². The molecule has 0 saturated carbocycles. The fraction of sp³-hybridized carbons (Fsp3) is 1.00. The van der Waals surface area contributed by atoms with E-state index in [9.17, 15) is 0 Å². The summed E-state index contributed by atoms with van der Waals surface area (Å²) >= 11 is 2.12. The lowest BCUT2D eigenvalue weighted by Gasteiger charge is -2.46. The van der Waals surface area contributed by atoms with E-state index in [0.29, 0.717) is 22.9 Å². The molecule has 3 heteroatoms. The fourth-order valence-electron chi connectivity index (χ4n) is 2.55. The van der Waals surface area contributed by atoms with Crippen LogP contribution >= 0.6 is 11.8 Å². The van der Waals surface area contributed by atoms with Crippen molar-refractivity contribution in [2.75, 3.05) is 12.4 Å². The Hall–Kier alpha value is 0.270. The largest absolute Gasteiger partial charge is 0.378 e. The Bertz CT molecular complexity index is 218. The van der Waals surface area contributed by atoms with Gasteiger partial charge in [0.25, 0.3) is 0 Å². The molecule has 0 aromatic rings. The van der Waals surface area contributed by atoms with Crippen LogP contribution in [0.4, 0.5) is 0 Å². The molecule has 2 nitrogen and oxygen atoms in total. The highest BCUT2D eigenvalue weighted by Crippen LogP contribution is 2.40. The molecule has 0 amide bonds. The molecule has 3 atom stereocenters. The maximum absolute atomic E-state index is 5.85. The quantitative estimate of drug-likeness (QED) is 0.747. The van der Waals surface area contributed by atoms with Crippen LogP contribution in [0.25, 0.3) is 0 Å². The molecule has 88 valence electrons. The van der Waals surface area contributed by atoms with Crippen molar-refractivity contribution >= 4 is 11.8 Å². The maximum Gasteiger partial charge on any atom is 0.0694 e. The summed E-state index contributed by atoms with van der Waals surface area (Å²) in [4.78, 5) is 0.324. The molecule has 2 aliphatic heterocycles. The molecule has 2 heterocycles. The molecule has 0 aromatic carbocycles. The number of ether oxygens (including phenoxy) is 1. The van der Waals surface area contributed by atoms with Crippen LogP contribution in [0.5, 0.6) is 0 Å². The van der Waals surface area contributed by atoms with E-state index in [1.807, 2.05) is 0 Å². The molecular formula is C12H23NOS. The Labute approximate surface area is 97.5 Å². The predicted molar refractivity (Wildman–Crippen MR) is 66.2 cm³/mol. The van der Waals surface area contributed by atoms with E-state index < -0.39 is 0 Å². The standard InChI is InChI=1S/C12H23NOS/c1-9(2)11-8-12(5-6-14-11)13-10(3)4-7-15-12/h9-11,13H,4-8H2,1-3H3. The molecule has 1 spiro atoms. The Morgan fingerprint density at radius 3 is 2.93 bits per heavy atom. The Morgan fingerprint density at radius 1 is 1.47 bits per heavy atom. The Balaban J connectivity index is 2.01. The summed E-state index contributed by atoms with van der Waals surface area (Å²) in [6.07, 6.45) is 4.11. The highest BCUT2D eigenvalue weighted by atomic mass is 32.2. The SMILES string of the molecule is CC1CCSC2(CCOC(C(C)C)C2)N1. The summed E-state index contributed by atoms with van der Waals surface area (Å²) in [5.41, 5.74) is 0. The first-order valence-electron chi connectivity index (χ1n) is 6.14. The molecule has 2 aliphatic rings. The summed E-state index contributed by atoms with van der Waals surface area (Å²) in [7, 11) is 0. The molecule has 3 unspecified atom stereocenters. The van der Waals surface area contributed by atoms with E-state index in [2.05, 4.69) is 37.8 Å². The van der Waals surface area contributed by atoms with E-state index in [4.69, 9.17) is 4.74 Å². The minimum Gasteiger partial charge on any atom is -0.378 e. The van der Waals surface area contributed by atoms with Crippen LogP contribution in [-0.2, 0) is 4.74 Å². The Kier molecular flexibility index (Phi) is 3.63. The summed E-state index contributed by atoms with van der Waals surface area (Å²) < 4.78 is 5.85. The second kappa shape index (κ2) is 4.64. The summed E-state index contributed by atoms with van der Waals surface area (Å²) in [5, 5.41) is 3.80. The first-order valence-corrected chi connectivity index (χ1v) is 7.13. The van der Waals surface area contributed by atoms with Crippen molar-refractivity contribution in [3.05, 3.63) is 0 Å². The molecule has 0 aliphatic carbocycles. The van der Waals surface area contributed by atoms with Crippen LogP contribution in [0.15, 0.2) is 0 Å². The molecule has 2 fully saturated rings. The van der Waals surface area contributed by atoms with Crippen LogP contribution in [-0.4, -0.2) is 29.4 Å². The highest BCUT2D eigenvalue weighted by Gasteiger charge is 2.40. The fourth-order valence-corrected chi connectivity index (χ4v) is 4.20. The molecule has 0 radical (unpaired) electrons. The zero-order valence-electron chi connectivity index (χ0n) is 10.1. The summed E-state index contributed by atoms with van der Waals surface area (Å²) in [6.45, 7) is 7.76. The van der Waals surface area contributed by atoms with Gasteiger partial charge in [0.15, 0.2) is 0 Å². The zero-order valence-corrected chi connectivity index (χ0v) is 10.9. The number of nitrogens with one attached hydrogen (secondary N) is 1. The zero-order chi connectivity index (χ0) is 10.9. The molecule has 0 bridgehead atoms. The topological polar surface area (TPSA) is 21.3 Å². The van der Waals surface area contributed by atoms with Crippen LogP contribution in [0.2, 0.25) is 0 Å². The predicted octanol–water partition coefficient (Wildman–Crippen LogP) is 2.63. The lowest BCUT2D eigenvalue weighted by atomic mass is 9.94. The van der Waals surface area contributed by atoms with Gasteiger partial charge in [-0.1, -0.05) is 13.8 Å².